The summed E-state index contributed by atoms with van der Waals surface area (Å²) in [4.78, 5) is 11.6. The summed E-state index contributed by atoms with van der Waals surface area (Å²) in [7, 11) is 0. The molecule has 3 rings (SSSR count). The highest BCUT2D eigenvalue weighted by atomic mass is 127. The van der Waals surface area contributed by atoms with Gasteiger partial charge < -0.3 is 15.1 Å². The maximum Gasteiger partial charge on any atom is 0.216 e. The number of oxazole rings is 1. The first-order valence-electron chi connectivity index (χ1n) is 10.0. The summed E-state index contributed by atoms with van der Waals surface area (Å²) < 4.78 is 5.64. The summed E-state index contributed by atoms with van der Waals surface area (Å²) in [5.41, 5.74) is 2.15. The first-order chi connectivity index (χ1) is 13.6. The van der Waals surface area contributed by atoms with Crippen molar-refractivity contribution < 1.29 is 4.42 Å². The van der Waals surface area contributed by atoms with Gasteiger partial charge in [-0.2, -0.15) is 0 Å². The number of rotatable bonds is 7. The summed E-state index contributed by atoms with van der Waals surface area (Å²) >= 11 is 6.25. The fourth-order valence-electron chi connectivity index (χ4n) is 3.51. The van der Waals surface area contributed by atoms with Gasteiger partial charge in [-0.1, -0.05) is 23.7 Å². The van der Waals surface area contributed by atoms with E-state index in [2.05, 4.69) is 44.6 Å². The zero-order chi connectivity index (χ0) is 19.9. The Bertz CT molecular complexity index is 785. The highest BCUT2D eigenvalue weighted by Gasteiger charge is 2.24. The van der Waals surface area contributed by atoms with Crippen LogP contribution < -0.4 is 10.6 Å². The molecular formula is C21H31ClIN5O. The van der Waals surface area contributed by atoms with Crippen molar-refractivity contribution in [2.45, 2.75) is 46.2 Å². The maximum absolute atomic E-state index is 6.25. The van der Waals surface area contributed by atoms with Gasteiger partial charge in [0.2, 0.25) is 5.89 Å². The van der Waals surface area contributed by atoms with Gasteiger partial charge in [0.15, 0.2) is 5.96 Å². The van der Waals surface area contributed by atoms with Crippen molar-refractivity contribution in [1.82, 2.24) is 20.5 Å². The first kappa shape index (κ1) is 24.0. The minimum absolute atomic E-state index is 0. The molecule has 1 atom stereocenters. The zero-order valence-corrected chi connectivity index (χ0v) is 20.5. The third kappa shape index (κ3) is 6.86. The molecular weight excluding hydrogens is 501 g/mol. The number of nitrogens with one attached hydrogen (secondary N) is 2. The van der Waals surface area contributed by atoms with E-state index in [-0.39, 0.29) is 30.0 Å². The van der Waals surface area contributed by atoms with Crippen LogP contribution in [0.5, 0.6) is 0 Å². The Hall–Kier alpha value is -1.32. The molecule has 1 saturated heterocycles. The molecule has 29 heavy (non-hydrogen) atoms. The topological polar surface area (TPSA) is 65.7 Å². The lowest BCUT2D eigenvalue weighted by Gasteiger charge is -2.29. The van der Waals surface area contributed by atoms with Gasteiger partial charge in [0.1, 0.15) is 12.3 Å². The Kier molecular flexibility index (Phi) is 9.71. The minimum atomic E-state index is 0. The molecule has 1 unspecified atom stereocenters. The van der Waals surface area contributed by atoms with Crippen LogP contribution in [0.1, 0.15) is 48.7 Å². The van der Waals surface area contributed by atoms with Crippen molar-refractivity contribution >= 4 is 41.5 Å². The summed E-state index contributed by atoms with van der Waals surface area (Å²) in [6.07, 6.45) is 2.49. The average Bonchev–Trinajstić information content (AvgIpc) is 3.30. The van der Waals surface area contributed by atoms with Gasteiger partial charge in [-0.15, -0.1) is 24.0 Å². The third-order valence-electron chi connectivity index (χ3n) is 5.07. The molecule has 1 aliphatic rings. The largest absolute Gasteiger partial charge is 0.444 e. The molecule has 1 aliphatic heterocycles. The molecule has 0 saturated carbocycles. The van der Waals surface area contributed by atoms with Crippen LogP contribution in [0.15, 0.2) is 33.7 Å². The molecule has 1 aromatic carbocycles. The summed E-state index contributed by atoms with van der Waals surface area (Å²) in [5.74, 6) is 2.25. The molecule has 2 heterocycles. The Labute approximate surface area is 195 Å². The van der Waals surface area contributed by atoms with Crippen LogP contribution >= 0.6 is 35.6 Å². The molecule has 1 fully saturated rings. The lowest BCUT2D eigenvalue weighted by molar-refractivity contribution is 0.245. The molecule has 0 radical (unpaired) electrons. The first-order valence-corrected chi connectivity index (χ1v) is 10.4. The van der Waals surface area contributed by atoms with Gasteiger partial charge in [0.05, 0.1) is 11.7 Å². The van der Waals surface area contributed by atoms with Gasteiger partial charge in [0.25, 0.3) is 0 Å². The van der Waals surface area contributed by atoms with Crippen molar-refractivity contribution in [2.24, 2.45) is 4.99 Å². The molecule has 2 N–H and O–H groups in total. The molecule has 2 aromatic rings. The van der Waals surface area contributed by atoms with Gasteiger partial charge in [-0.25, -0.2) is 9.98 Å². The van der Waals surface area contributed by atoms with Crippen LogP contribution in [0.25, 0.3) is 0 Å². The van der Waals surface area contributed by atoms with Crippen LogP contribution in [0.3, 0.4) is 0 Å². The van der Waals surface area contributed by atoms with Crippen LogP contribution in [0.2, 0.25) is 5.02 Å². The SMILES string of the molecule is CCNC(=NCc1nc(C)c(C)o1)NCC(c1cccc(Cl)c1)N1CCCC1.I. The van der Waals surface area contributed by atoms with Crippen molar-refractivity contribution in [1.29, 1.82) is 0 Å². The summed E-state index contributed by atoms with van der Waals surface area (Å²) in [6.45, 7) is 10.1. The fourth-order valence-corrected chi connectivity index (χ4v) is 3.71. The number of likely N-dealkylation sites (tertiary alicyclic amines) is 1. The highest BCUT2D eigenvalue weighted by Crippen LogP contribution is 2.26. The number of hydrogen-bond acceptors (Lipinski definition) is 4. The van der Waals surface area contributed by atoms with Gasteiger partial charge >= 0.3 is 0 Å². The Balaban J connectivity index is 0.00000300. The van der Waals surface area contributed by atoms with E-state index in [0.717, 1.165) is 48.6 Å². The normalized spacial score (nSPS) is 15.8. The monoisotopic (exact) mass is 531 g/mol. The minimum Gasteiger partial charge on any atom is -0.444 e. The van der Waals surface area contributed by atoms with E-state index in [1.54, 1.807) is 0 Å². The predicted molar refractivity (Wildman–Crippen MR) is 129 cm³/mol. The van der Waals surface area contributed by atoms with Gasteiger partial charge in [0, 0.05) is 18.1 Å². The number of halogens is 2. The summed E-state index contributed by atoms with van der Waals surface area (Å²) in [6, 6.07) is 8.42. The molecule has 0 bridgehead atoms. The standard InChI is InChI=1S/C21H30ClN5O.HI/c1-4-23-21(25-14-20-26-15(2)16(3)28-20)24-13-19(27-10-5-6-11-27)17-8-7-9-18(22)12-17;/h7-9,12,19H,4-6,10-11,13-14H2,1-3H3,(H2,23,24,25);1H. The van der Waals surface area contributed by atoms with E-state index in [0.29, 0.717) is 12.4 Å². The zero-order valence-electron chi connectivity index (χ0n) is 17.4. The third-order valence-corrected chi connectivity index (χ3v) is 5.30. The molecule has 1 aromatic heterocycles. The number of guanidine groups is 1. The molecule has 0 aliphatic carbocycles. The molecule has 6 nitrogen and oxygen atoms in total. The smallest absolute Gasteiger partial charge is 0.216 e. The van der Waals surface area contributed by atoms with Crippen molar-refractivity contribution in [3.63, 3.8) is 0 Å². The number of aryl methyl sites for hydroxylation is 2. The van der Waals surface area contributed by atoms with E-state index < -0.39 is 0 Å². The Morgan fingerprint density at radius 3 is 2.66 bits per heavy atom. The second kappa shape index (κ2) is 11.8. The lowest BCUT2D eigenvalue weighted by atomic mass is 10.1. The van der Waals surface area contributed by atoms with Crippen LogP contribution in [-0.4, -0.2) is 42.0 Å². The second-order valence-electron chi connectivity index (χ2n) is 7.14. The Morgan fingerprint density at radius 1 is 1.28 bits per heavy atom. The van der Waals surface area contributed by atoms with E-state index >= 15 is 0 Å². The number of benzene rings is 1. The van der Waals surface area contributed by atoms with E-state index in [9.17, 15) is 0 Å². The molecule has 8 heteroatoms. The highest BCUT2D eigenvalue weighted by molar-refractivity contribution is 14.0. The summed E-state index contributed by atoms with van der Waals surface area (Å²) in [5, 5.41) is 7.57. The molecule has 0 amide bonds. The van der Waals surface area contributed by atoms with Crippen LogP contribution in [-0.2, 0) is 6.54 Å². The molecule has 0 spiro atoms. The second-order valence-corrected chi connectivity index (χ2v) is 7.58. The fraction of sp³-hybridized carbons (Fsp3) is 0.524. The molecule has 160 valence electrons. The van der Waals surface area contributed by atoms with E-state index in [1.165, 1.54) is 18.4 Å². The van der Waals surface area contributed by atoms with E-state index in [1.807, 2.05) is 26.0 Å². The van der Waals surface area contributed by atoms with Crippen LogP contribution in [0, 0.1) is 13.8 Å². The predicted octanol–water partition coefficient (Wildman–Crippen LogP) is 4.46. The van der Waals surface area contributed by atoms with E-state index in [4.69, 9.17) is 16.0 Å². The average molecular weight is 532 g/mol. The number of aromatic nitrogens is 1. The van der Waals surface area contributed by atoms with Gasteiger partial charge in [-0.3, -0.25) is 4.90 Å². The Morgan fingerprint density at radius 2 is 2.03 bits per heavy atom. The number of aliphatic imine (C=N–C) groups is 1. The van der Waals surface area contributed by atoms with Crippen molar-refractivity contribution in [3.05, 3.63) is 52.2 Å². The number of nitrogens with zero attached hydrogens (tertiary/aromatic N) is 3. The van der Waals surface area contributed by atoms with Crippen molar-refractivity contribution in [2.75, 3.05) is 26.2 Å². The van der Waals surface area contributed by atoms with Crippen molar-refractivity contribution in [3.8, 4) is 0 Å². The lowest BCUT2D eigenvalue weighted by Crippen LogP contribution is -2.42. The quantitative estimate of drug-likeness (QED) is 0.314. The number of hydrogen-bond donors (Lipinski definition) is 2. The maximum atomic E-state index is 6.25. The van der Waals surface area contributed by atoms with Gasteiger partial charge in [-0.05, 0) is 64.4 Å². The van der Waals surface area contributed by atoms with Crippen LogP contribution in [0.4, 0.5) is 0 Å².